The number of halogens is 1. The Kier molecular flexibility index (Phi) is 2.81. The van der Waals surface area contributed by atoms with Crippen molar-refractivity contribution in [1.82, 2.24) is 15.0 Å². The van der Waals surface area contributed by atoms with E-state index in [9.17, 15) is 4.39 Å². The van der Waals surface area contributed by atoms with Crippen LogP contribution >= 0.6 is 0 Å². The van der Waals surface area contributed by atoms with Crippen LogP contribution in [0.25, 0.3) is 32.7 Å². The molecule has 0 aliphatic carbocycles. The Hall–Kier alpha value is -3.60. The van der Waals surface area contributed by atoms with Crippen molar-refractivity contribution < 1.29 is 4.39 Å². The Labute approximate surface area is 153 Å². The van der Waals surface area contributed by atoms with Crippen LogP contribution in [0.2, 0.25) is 0 Å². The normalized spacial score (nSPS) is 13.4. The molecule has 27 heavy (non-hydrogen) atoms. The highest BCUT2D eigenvalue weighted by Gasteiger charge is 2.24. The third kappa shape index (κ3) is 1.99. The summed E-state index contributed by atoms with van der Waals surface area (Å²) < 4.78 is 13.8. The number of nitrogens with one attached hydrogen (secondary N) is 1. The lowest BCUT2D eigenvalue weighted by Gasteiger charge is -2.08. The van der Waals surface area contributed by atoms with Crippen LogP contribution in [0.5, 0.6) is 0 Å². The molecule has 0 unspecified atom stereocenters. The second-order valence-corrected chi connectivity index (χ2v) is 6.75. The minimum absolute atomic E-state index is 0.247. The number of nitrogens with zero attached hydrogens (tertiary/aromatic N) is 3. The summed E-state index contributed by atoms with van der Waals surface area (Å²) in [4.78, 5) is 17.3. The fourth-order valence-electron chi connectivity index (χ4n) is 4.05. The van der Waals surface area contributed by atoms with Gasteiger partial charge in [-0.05, 0) is 42.0 Å². The van der Waals surface area contributed by atoms with Crippen molar-refractivity contribution in [3.05, 3.63) is 78.0 Å². The van der Waals surface area contributed by atoms with Gasteiger partial charge in [-0.2, -0.15) is 0 Å². The van der Waals surface area contributed by atoms with Gasteiger partial charge in [0.05, 0.1) is 22.4 Å². The number of hydrogen-bond acceptors (Lipinski definition) is 3. The minimum atomic E-state index is -0.247. The van der Waals surface area contributed by atoms with Crippen molar-refractivity contribution in [3.8, 4) is 0 Å². The predicted molar refractivity (Wildman–Crippen MR) is 105 cm³/mol. The van der Waals surface area contributed by atoms with Crippen molar-refractivity contribution in [2.45, 2.75) is 6.42 Å². The lowest BCUT2D eigenvalue weighted by Crippen LogP contribution is -2.00. The van der Waals surface area contributed by atoms with E-state index in [1.807, 2.05) is 24.4 Å². The zero-order chi connectivity index (χ0) is 18.0. The number of rotatable bonds is 1. The lowest BCUT2D eigenvalue weighted by molar-refractivity contribution is 0.629. The SMILES string of the molecule is Fc1ccc2[nH]cc(C3=Nc4c(c5cccnc5c5ncccc45)C3)c2c1. The predicted octanol–water partition coefficient (Wildman–Crippen LogP) is 5.08. The summed E-state index contributed by atoms with van der Waals surface area (Å²) in [6.07, 6.45) is 6.18. The number of H-pyrrole nitrogens is 1. The highest BCUT2D eigenvalue weighted by atomic mass is 19.1. The van der Waals surface area contributed by atoms with Crippen LogP contribution in [0.1, 0.15) is 11.1 Å². The molecule has 0 atom stereocenters. The van der Waals surface area contributed by atoms with Crippen molar-refractivity contribution in [3.63, 3.8) is 0 Å². The molecule has 0 amide bonds. The molecular weight excluding hydrogens is 339 g/mol. The first-order valence-electron chi connectivity index (χ1n) is 8.78. The van der Waals surface area contributed by atoms with Gasteiger partial charge in [0.2, 0.25) is 0 Å². The summed E-state index contributed by atoms with van der Waals surface area (Å²) >= 11 is 0. The van der Waals surface area contributed by atoms with Gasteiger partial charge < -0.3 is 4.98 Å². The van der Waals surface area contributed by atoms with Crippen LogP contribution in [-0.4, -0.2) is 20.7 Å². The molecule has 0 fully saturated rings. The van der Waals surface area contributed by atoms with E-state index in [4.69, 9.17) is 4.99 Å². The van der Waals surface area contributed by atoms with Crippen molar-refractivity contribution in [2.75, 3.05) is 0 Å². The molecule has 2 aromatic carbocycles. The molecule has 0 bridgehead atoms. The van der Waals surface area contributed by atoms with Crippen LogP contribution in [0.15, 0.2) is 66.0 Å². The number of aromatic nitrogens is 3. The van der Waals surface area contributed by atoms with Gasteiger partial charge in [0.15, 0.2) is 0 Å². The highest BCUT2D eigenvalue weighted by Crippen LogP contribution is 2.41. The van der Waals surface area contributed by atoms with Gasteiger partial charge in [-0.25, -0.2) is 4.39 Å². The van der Waals surface area contributed by atoms with E-state index in [1.54, 1.807) is 24.5 Å². The van der Waals surface area contributed by atoms with Gasteiger partial charge in [-0.15, -0.1) is 0 Å². The molecule has 1 aliphatic heterocycles. The van der Waals surface area contributed by atoms with Crippen molar-refractivity contribution >= 4 is 44.1 Å². The van der Waals surface area contributed by atoms with Gasteiger partial charge in [0.25, 0.3) is 0 Å². The molecule has 0 spiro atoms. The van der Waals surface area contributed by atoms with Gasteiger partial charge in [0, 0.05) is 52.3 Å². The second kappa shape index (κ2) is 5.20. The van der Waals surface area contributed by atoms with E-state index < -0.39 is 0 Å². The molecule has 5 heteroatoms. The number of aliphatic imine (C=N–C) groups is 1. The van der Waals surface area contributed by atoms with Gasteiger partial charge >= 0.3 is 0 Å². The van der Waals surface area contributed by atoms with E-state index in [1.165, 1.54) is 6.07 Å². The number of aromatic amines is 1. The standard InChI is InChI=1S/C22H13FN4/c23-12-5-6-18-15(9-12)17(11-26-18)19-10-16-13-3-1-7-24-21(13)22-14(20(16)27-19)4-2-8-25-22/h1-9,11,26H,10H2. The first kappa shape index (κ1) is 14.6. The van der Waals surface area contributed by atoms with Crippen molar-refractivity contribution in [1.29, 1.82) is 0 Å². The molecule has 3 aromatic heterocycles. The molecule has 4 heterocycles. The summed E-state index contributed by atoms with van der Waals surface area (Å²) in [6.45, 7) is 0. The Morgan fingerprint density at radius 1 is 0.889 bits per heavy atom. The average molecular weight is 352 g/mol. The summed E-state index contributed by atoms with van der Waals surface area (Å²) in [7, 11) is 0. The smallest absolute Gasteiger partial charge is 0.123 e. The minimum Gasteiger partial charge on any atom is -0.360 e. The van der Waals surface area contributed by atoms with Crippen LogP contribution in [0.3, 0.4) is 0 Å². The van der Waals surface area contributed by atoms with E-state index in [-0.39, 0.29) is 5.82 Å². The maximum Gasteiger partial charge on any atom is 0.123 e. The molecule has 5 aromatic rings. The molecule has 0 saturated carbocycles. The molecule has 128 valence electrons. The first-order valence-corrected chi connectivity index (χ1v) is 8.78. The summed E-state index contributed by atoms with van der Waals surface area (Å²) in [6, 6.07) is 12.8. The zero-order valence-corrected chi connectivity index (χ0v) is 14.2. The second-order valence-electron chi connectivity index (χ2n) is 6.75. The topological polar surface area (TPSA) is 53.9 Å². The van der Waals surface area contributed by atoms with Crippen LogP contribution in [-0.2, 0) is 6.42 Å². The van der Waals surface area contributed by atoms with Crippen LogP contribution < -0.4 is 0 Å². The maximum absolute atomic E-state index is 13.8. The average Bonchev–Trinajstić information content (AvgIpc) is 3.32. The molecule has 0 radical (unpaired) electrons. The number of pyridine rings is 2. The third-order valence-electron chi connectivity index (χ3n) is 5.25. The first-order chi connectivity index (χ1) is 13.3. The van der Waals surface area contributed by atoms with E-state index in [0.29, 0.717) is 6.42 Å². The Morgan fingerprint density at radius 3 is 2.52 bits per heavy atom. The molecular formula is C22H13FN4. The third-order valence-corrected chi connectivity index (χ3v) is 5.25. The van der Waals surface area contributed by atoms with Crippen molar-refractivity contribution in [2.24, 2.45) is 4.99 Å². The molecule has 4 nitrogen and oxygen atoms in total. The lowest BCUT2D eigenvalue weighted by atomic mass is 9.98. The van der Waals surface area contributed by atoms with Gasteiger partial charge in [0.1, 0.15) is 5.82 Å². The van der Waals surface area contributed by atoms with Crippen LogP contribution in [0, 0.1) is 5.82 Å². The monoisotopic (exact) mass is 352 g/mol. The number of benzene rings is 2. The Balaban J connectivity index is 1.65. The molecule has 0 saturated heterocycles. The molecule has 1 aliphatic rings. The van der Waals surface area contributed by atoms with Gasteiger partial charge in [-0.1, -0.05) is 6.07 Å². The largest absolute Gasteiger partial charge is 0.360 e. The number of fused-ring (bicyclic) bond motifs is 7. The summed E-state index contributed by atoms with van der Waals surface area (Å²) in [5, 5.41) is 2.93. The van der Waals surface area contributed by atoms with E-state index in [2.05, 4.69) is 21.0 Å². The number of hydrogen-bond donors (Lipinski definition) is 1. The quantitative estimate of drug-likeness (QED) is 0.428. The molecule has 1 N–H and O–H groups in total. The van der Waals surface area contributed by atoms with E-state index in [0.717, 1.165) is 55.2 Å². The Morgan fingerprint density at radius 2 is 1.67 bits per heavy atom. The molecule has 6 rings (SSSR count). The van der Waals surface area contributed by atoms with Crippen LogP contribution in [0.4, 0.5) is 10.1 Å². The summed E-state index contributed by atoms with van der Waals surface area (Å²) in [5.41, 5.74) is 6.63. The fourth-order valence-corrected chi connectivity index (χ4v) is 4.05. The summed E-state index contributed by atoms with van der Waals surface area (Å²) in [5.74, 6) is -0.247. The fraction of sp³-hybridized carbons (Fsp3) is 0.0455. The van der Waals surface area contributed by atoms with E-state index >= 15 is 0 Å². The highest BCUT2D eigenvalue weighted by molar-refractivity contribution is 6.21. The van der Waals surface area contributed by atoms with Gasteiger partial charge in [-0.3, -0.25) is 15.0 Å². The zero-order valence-electron chi connectivity index (χ0n) is 14.2. The Bertz CT molecular complexity index is 1410. The maximum atomic E-state index is 13.8.